The first-order chi connectivity index (χ1) is 12.0. The predicted octanol–water partition coefficient (Wildman–Crippen LogP) is 5.82. The Labute approximate surface area is 145 Å². The van der Waals surface area contributed by atoms with E-state index < -0.39 is 42.8 Å². The third-order valence-corrected chi connectivity index (χ3v) is 3.61. The highest BCUT2D eigenvalue weighted by molar-refractivity contribution is 5.40. The van der Waals surface area contributed by atoms with Crippen LogP contribution in [0.2, 0.25) is 0 Å². The Hall–Kier alpha value is -2.69. The Morgan fingerprint density at radius 3 is 2.46 bits per heavy atom. The number of hydrogen-bond acceptors (Lipinski definition) is 2. The second kappa shape index (κ2) is 7.28. The summed E-state index contributed by atoms with van der Waals surface area (Å²) in [5, 5.41) is 8.82. The largest absolute Gasteiger partial charge is 0.457 e. The van der Waals surface area contributed by atoms with E-state index >= 15 is 0 Å². The van der Waals surface area contributed by atoms with Gasteiger partial charge in [-0.1, -0.05) is 12.7 Å². The number of alkyl halides is 5. The van der Waals surface area contributed by atoms with E-state index in [9.17, 15) is 26.3 Å². The van der Waals surface area contributed by atoms with Gasteiger partial charge in [0.05, 0.1) is 11.6 Å². The van der Waals surface area contributed by atoms with Crippen LogP contribution in [0.25, 0.3) is 0 Å². The molecule has 1 aliphatic carbocycles. The molecule has 0 bridgehead atoms. The highest BCUT2D eigenvalue weighted by Gasteiger charge is 2.38. The normalized spacial score (nSPS) is 22.0. The Kier molecular flexibility index (Phi) is 5.50. The van der Waals surface area contributed by atoms with Crippen LogP contribution >= 0.6 is 0 Å². The van der Waals surface area contributed by atoms with Gasteiger partial charge in [0.2, 0.25) is 0 Å². The summed E-state index contributed by atoms with van der Waals surface area (Å²) in [6, 6.07) is 4.63. The Balaban J connectivity index is 2.44. The standard InChI is InChI=1S/C18H13F6NO/c1-11-9-17(20,21)5-4-13(18(22,23)24)2-3-16(11)26-15-7-12(10-25)6-14(19)8-15/h2-3,6-8H,1,4-5,9H2/b13-2+,16-3+. The first-order valence-electron chi connectivity index (χ1n) is 7.43. The van der Waals surface area contributed by atoms with Gasteiger partial charge in [-0.15, -0.1) is 0 Å². The van der Waals surface area contributed by atoms with Crippen molar-refractivity contribution < 1.29 is 31.1 Å². The van der Waals surface area contributed by atoms with E-state index in [1.807, 2.05) is 0 Å². The van der Waals surface area contributed by atoms with Crippen LogP contribution in [-0.2, 0) is 0 Å². The monoisotopic (exact) mass is 373 g/mol. The van der Waals surface area contributed by atoms with Crippen LogP contribution in [0.15, 0.2) is 53.8 Å². The van der Waals surface area contributed by atoms with Gasteiger partial charge in [-0.3, -0.25) is 0 Å². The lowest BCUT2D eigenvalue weighted by Crippen LogP contribution is -2.20. The molecule has 1 aromatic carbocycles. The summed E-state index contributed by atoms with van der Waals surface area (Å²) in [5.41, 5.74) is -1.46. The number of nitriles is 1. The van der Waals surface area contributed by atoms with Crippen molar-refractivity contribution in [2.45, 2.75) is 31.4 Å². The molecule has 138 valence electrons. The maximum absolute atomic E-state index is 13.9. The minimum Gasteiger partial charge on any atom is -0.457 e. The van der Waals surface area contributed by atoms with Gasteiger partial charge in [0.25, 0.3) is 5.92 Å². The van der Waals surface area contributed by atoms with Crippen molar-refractivity contribution in [2.75, 3.05) is 0 Å². The van der Waals surface area contributed by atoms with E-state index in [4.69, 9.17) is 10.00 Å². The molecule has 0 fully saturated rings. The van der Waals surface area contributed by atoms with Crippen molar-refractivity contribution in [1.29, 1.82) is 5.26 Å². The zero-order chi connectivity index (χ0) is 19.5. The smallest absolute Gasteiger partial charge is 0.412 e. The molecular weight excluding hydrogens is 360 g/mol. The van der Waals surface area contributed by atoms with Crippen LogP contribution in [-0.4, -0.2) is 12.1 Å². The summed E-state index contributed by atoms with van der Waals surface area (Å²) in [6.07, 6.45) is -5.99. The minimum atomic E-state index is -4.77. The molecule has 26 heavy (non-hydrogen) atoms. The van der Waals surface area contributed by atoms with Gasteiger partial charge in [0.1, 0.15) is 17.3 Å². The first-order valence-corrected chi connectivity index (χ1v) is 7.43. The fourth-order valence-electron chi connectivity index (χ4n) is 2.34. The molecule has 0 unspecified atom stereocenters. The average molecular weight is 373 g/mol. The summed E-state index contributed by atoms with van der Waals surface area (Å²) >= 11 is 0. The predicted molar refractivity (Wildman–Crippen MR) is 81.9 cm³/mol. The van der Waals surface area contributed by atoms with Crippen LogP contribution in [0.1, 0.15) is 24.8 Å². The highest BCUT2D eigenvalue weighted by Crippen LogP contribution is 2.38. The second-order valence-electron chi connectivity index (χ2n) is 5.75. The van der Waals surface area contributed by atoms with Crippen molar-refractivity contribution in [3.8, 4) is 11.8 Å². The van der Waals surface area contributed by atoms with E-state index in [0.717, 1.165) is 24.3 Å². The molecule has 8 heteroatoms. The summed E-state index contributed by atoms with van der Waals surface area (Å²) < 4.78 is 85.4. The maximum Gasteiger partial charge on any atom is 0.412 e. The molecule has 0 aromatic heterocycles. The van der Waals surface area contributed by atoms with Crippen LogP contribution in [0.5, 0.6) is 5.75 Å². The van der Waals surface area contributed by atoms with Gasteiger partial charge in [-0.2, -0.15) is 18.4 Å². The number of rotatable bonds is 2. The number of halogens is 6. The third-order valence-electron chi connectivity index (χ3n) is 3.61. The quantitative estimate of drug-likeness (QED) is 0.612. The summed E-state index contributed by atoms with van der Waals surface area (Å²) in [4.78, 5) is 0. The second-order valence-corrected chi connectivity index (χ2v) is 5.75. The van der Waals surface area contributed by atoms with Crippen molar-refractivity contribution in [2.24, 2.45) is 0 Å². The topological polar surface area (TPSA) is 33.0 Å². The molecule has 0 amide bonds. The summed E-state index contributed by atoms with van der Waals surface area (Å²) in [5.74, 6) is -4.79. The molecule has 0 radical (unpaired) electrons. The molecule has 0 spiro atoms. The van der Waals surface area contributed by atoms with Crippen LogP contribution in [0, 0.1) is 17.1 Å². The Morgan fingerprint density at radius 1 is 1.15 bits per heavy atom. The highest BCUT2D eigenvalue weighted by atomic mass is 19.4. The van der Waals surface area contributed by atoms with Gasteiger partial charge < -0.3 is 4.74 Å². The van der Waals surface area contributed by atoms with Crippen LogP contribution in [0.4, 0.5) is 26.3 Å². The van der Waals surface area contributed by atoms with Crippen LogP contribution in [0.3, 0.4) is 0 Å². The van der Waals surface area contributed by atoms with E-state index in [2.05, 4.69) is 6.58 Å². The molecule has 0 atom stereocenters. The molecule has 1 aliphatic rings. The van der Waals surface area contributed by atoms with E-state index in [-0.39, 0.29) is 22.6 Å². The first kappa shape index (κ1) is 19.6. The fraction of sp³-hybridized carbons (Fsp3) is 0.278. The van der Waals surface area contributed by atoms with Gasteiger partial charge in [-0.05, 0) is 30.2 Å². The number of hydrogen-bond donors (Lipinski definition) is 0. The molecule has 0 aliphatic heterocycles. The molecule has 0 saturated heterocycles. The molecule has 0 N–H and O–H groups in total. The zero-order valence-electron chi connectivity index (χ0n) is 13.3. The van der Waals surface area contributed by atoms with E-state index in [0.29, 0.717) is 6.08 Å². The third kappa shape index (κ3) is 5.15. The number of nitrogens with zero attached hydrogens (tertiary/aromatic N) is 1. The number of ether oxygens (including phenoxy) is 1. The Bertz CT molecular complexity index is 814. The molecule has 0 saturated carbocycles. The number of allylic oxidation sites excluding steroid dienone is 4. The van der Waals surface area contributed by atoms with E-state index in [1.54, 1.807) is 6.07 Å². The van der Waals surface area contributed by atoms with Gasteiger partial charge in [-0.25, -0.2) is 13.2 Å². The molecule has 1 aromatic rings. The molecule has 0 heterocycles. The summed E-state index contributed by atoms with van der Waals surface area (Å²) in [7, 11) is 0. The fourth-order valence-corrected chi connectivity index (χ4v) is 2.34. The average Bonchev–Trinajstić information content (AvgIpc) is 2.55. The van der Waals surface area contributed by atoms with Gasteiger partial charge in [0, 0.05) is 24.5 Å². The van der Waals surface area contributed by atoms with Gasteiger partial charge in [0.15, 0.2) is 0 Å². The van der Waals surface area contributed by atoms with E-state index in [1.165, 1.54) is 0 Å². The van der Waals surface area contributed by atoms with Crippen molar-refractivity contribution in [1.82, 2.24) is 0 Å². The summed E-state index contributed by atoms with van der Waals surface area (Å²) in [6.45, 7) is 3.44. The van der Waals surface area contributed by atoms with Crippen molar-refractivity contribution in [3.63, 3.8) is 0 Å². The number of benzene rings is 1. The zero-order valence-corrected chi connectivity index (χ0v) is 13.3. The lowest BCUT2D eigenvalue weighted by molar-refractivity contribution is -0.0969. The molecule has 2 rings (SSSR count). The maximum atomic E-state index is 13.9. The minimum absolute atomic E-state index is 0.0915. The van der Waals surface area contributed by atoms with Crippen molar-refractivity contribution in [3.05, 3.63) is 65.2 Å². The lowest BCUT2D eigenvalue weighted by Gasteiger charge is -2.19. The Morgan fingerprint density at radius 2 is 1.85 bits per heavy atom. The SMILES string of the molecule is C=C1CC(F)(F)CC/C(C(F)(F)F)=C\C=C/1Oc1cc(F)cc(C#N)c1. The lowest BCUT2D eigenvalue weighted by atomic mass is 10.0. The molecular formula is C18H13F6NO. The molecule has 2 nitrogen and oxygen atoms in total. The van der Waals surface area contributed by atoms with Crippen molar-refractivity contribution >= 4 is 0 Å². The van der Waals surface area contributed by atoms with Gasteiger partial charge >= 0.3 is 6.18 Å². The van der Waals surface area contributed by atoms with Crippen LogP contribution < -0.4 is 4.74 Å².